The van der Waals surface area contributed by atoms with Crippen molar-refractivity contribution in [3.8, 4) is 0 Å². The highest BCUT2D eigenvalue weighted by molar-refractivity contribution is 5.82. The van der Waals surface area contributed by atoms with Crippen molar-refractivity contribution in [1.29, 1.82) is 0 Å². The number of anilines is 1. The lowest BCUT2D eigenvalue weighted by atomic mass is 9.86. The first kappa shape index (κ1) is 12.5. The van der Waals surface area contributed by atoms with E-state index in [0.717, 1.165) is 18.5 Å². The summed E-state index contributed by atoms with van der Waals surface area (Å²) in [5.74, 6) is 0.0235. The Hall–Kier alpha value is -1.51. The lowest BCUT2D eigenvalue weighted by molar-refractivity contribution is -0.138. The summed E-state index contributed by atoms with van der Waals surface area (Å²) in [6.07, 6.45) is 5.40. The number of carbonyl (C=O) groups is 1. The van der Waals surface area contributed by atoms with Crippen molar-refractivity contribution in [3.05, 3.63) is 29.8 Å². The quantitative estimate of drug-likeness (QED) is 0.887. The maximum absolute atomic E-state index is 11.6. The summed E-state index contributed by atoms with van der Waals surface area (Å²) in [4.78, 5) is 13.8. The lowest BCUT2D eigenvalue weighted by Crippen LogP contribution is -2.47. The molecule has 0 amide bonds. The smallest absolute Gasteiger partial charge is 0.326 e. The average Bonchev–Trinajstić information content (AvgIpc) is 2.78. The maximum atomic E-state index is 11.6. The molecular formula is C16H21NO2. The molecule has 1 aromatic carbocycles. The highest BCUT2D eigenvalue weighted by atomic mass is 16.4. The maximum Gasteiger partial charge on any atom is 0.326 e. The van der Waals surface area contributed by atoms with Crippen LogP contribution in [-0.2, 0) is 11.2 Å². The number of hydrogen-bond donors (Lipinski definition) is 1. The van der Waals surface area contributed by atoms with Crippen molar-refractivity contribution in [2.24, 2.45) is 5.92 Å². The molecule has 1 aromatic rings. The van der Waals surface area contributed by atoms with E-state index >= 15 is 0 Å². The zero-order valence-electron chi connectivity index (χ0n) is 11.4. The van der Waals surface area contributed by atoms with Gasteiger partial charge in [-0.05, 0) is 30.4 Å². The summed E-state index contributed by atoms with van der Waals surface area (Å²) in [5, 5.41) is 9.51. The van der Waals surface area contributed by atoms with E-state index in [0.29, 0.717) is 18.4 Å². The van der Waals surface area contributed by atoms with E-state index in [4.69, 9.17) is 0 Å². The van der Waals surface area contributed by atoms with Crippen molar-refractivity contribution < 1.29 is 9.90 Å². The molecule has 1 heterocycles. The van der Waals surface area contributed by atoms with E-state index in [1.54, 1.807) is 0 Å². The van der Waals surface area contributed by atoms with Crippen molar-refractivity contribution >= 4 is 11.7 Å². The van der Waals surface area contributed by atoms with E-state index in [2.05, 4.69) is 24.0 Å². The third-order valence-corrected chi connectivity index (χ3v) is 4.61. The Bertz CT molecular complexity index is 485. The van der Waals surface area contributed by atoms with Gasteiger partial charge in [0.2, 0.25) is 0 Å². The van der Waals surface area contributed by atoms with Crippen LogP contribution in [0.25, 0.3) is 0 Å². The Morgan fingerprint density at radius 3 is 2.84 bits per heavy atom. The zero-order valence-corrected chi connectivity index (χ0v) is 11.4. The molecule has 3 heteroatoms. The first-order valence-electron chi connectivity index (χ1n) is 7.26. The van der Waals surface area contributed by atoms with Gasteiger partial charge in [0, 0.05) is 18.2 Å². The van der Waals surface area contributed by atoms with Crippen LogP contribution in [0.3, 0.4) is 0 Å². The van der Waals surface area contributed by atoms with E-state index in [9.17, 15) is 9.90 Å². The molecule has 3 unspecified atom stereocenters. The minimum absolute atomic E-state index is 0.368. The highest BCUT2D eigenvalue weighted by Crippen LogP contribution is 2.38. The Balaban J connectivity index is 1.93. The third kappa shape index (κ3) is 2.22. The van der Waals surface area contributed by atoms with Gasteiger partial charge in [-0.1, -0.05) is 38.0 Å². The van der Waals surface area contributed by atoms with Crippen LogP contribution in [0.15, 0.2) is 24.3 Å². The number of nitrogens with zero attached hydrogens (tertiary/aromatic N) is 1. The molecule has 1 aliphatic carbocycles. The minimum atomic E-state index is -0.686. The number of para-hydroxylation sites is 1. The van der Waals surface area contributed by atoms with Crippen LogP contribution in [0, 0.1) is 5.92 Å². The van der Waals surface area contributed by atoms with E-state index in [1.807, 2.05) is 12.1 Å². The van der Waals surface area contributed by atoms with Gasteiger partial charge < -0.3 is 10.0 Å². The van der Waals surface area contributed by atoms with Crippen LogP contribution in [-0.4, -0.2) is 23.2 Å². The van der Waals surface area contributed by atoms with Gasteiger partial charge in [0.25, 0.3) is 0 Å². The number of rotatable bonds is 2. The SMILES string of the molecule is CC1CCCC(N2c3ccccc3CC2C(=O)O)C1. The monoisotopic (exact) mass is 259 g/mol. The van der Waals surface area contributed by atoms with Crippen molar-refractivity contribution in [2.45, 2.75) is 51.1 Å². The summed E-state index contributed by atoms with van der Waals surface area (Å²) in [5.41, 5.74) is 2.34. The lowest BCUT2D eigenvalue weighted by Gasteiger charge is -2.38. The first-order valence-corrected chi connectivity index (χ1v) is 7.26. The van der Waals surface area contributed by atoms with Gasteiger partial charge in [-0.3, -0.25) is 0 Å². The van der Waals surface area contributed by atoms with E-state index in [-0.39, 0.29) is 6.04 Å². The molecule has 3 nitrogen and oxygen atoms in total. The summed E-state index contributed by atoms with van der Waals surface area (Å²) in [6.45, 7) is 2.28. The molecule has 0 bridgehead atoms. The van der Waals surface area contributed by atoms with Crippen molar-refractivity contribution in [1.82, 2.24) is 0 Å². The topological polar surface area (TPSA) is 40.5 Å². The molecule has 3 rings (SSSR count). The first-order chi connectivity index (χ1) is 9.16. The van der Waals surface area contributed by atoms with Crippen molar-refractivity contribution in [3.63, 3.8) is 0 Å². The van der Waals surface area contributed by atoms with Gasteiger partial charge >= 0.3 is 5.97 Å². The fourth-order valence-corrected chi connectivity index (χ4v) is 3.72. The number of carboxylic acid groups (broad SMARTS) is 1. The summed E-state index contributed by atoms with van der Waals surface area (Å²) in [7, 11) is 0. The highest BCUT2D eigenvalue weighted by Gasteiger charge is 2.39. The van der Waals surface area contributed by atoms with Gasteiger partial charge in [0.05, 0.1) is 0 Å². The summed E-state index contributed by atoms with van der Waals surface area (Å²) < 4.78 is 0. The molecule has 0 radical (unpaired) electrons. The molecule has 1 fully saturated rings. The molecule has 102 valence electrons. The summed E-state index contributed by atoms with van der Waals surface area (Å²) in [6, 6.07) is 8.20. The van der Waals surface area contributed by atoms with Gasteiger partial charge in [0.15, 0.2) is 0 Å². The number of fused-ring (bicyclic) bond motifs is 1. The molecule has 0 aromatic heterocycles. The molecule has 3 atom stereocenters. The molecule has 2 aliphatic rings. The Labute approximate surface area is 114 Å². The normalized spacial score (nSPS) is 30.2. The number of hydrogen-bond acceptors (Lipinski definition) is 2. The molecule has 1 N–H and O–H groups in total. The fraction of sp³-hybridized carbons (Fsp3) is 0.562. The Kier molecular flexibility index (Phi) is 3.21. The number of aliphatic carboxylic acids is 1. The fourth-order valence-electron chi connectivity index (χ4n) is 3.72. The van der Waals surface area contributed by atoms with Gasteiger partial charge in [-0.2, -0.15) is 0 Å². The predicted molar refractivity (Wildman–Crippen MR) is 75.5 cm³/mol. The molecule has 1 saturated carbocycles. The van der Waals surface area contributed by atoms with Crippen LogP contribution in [0.2, 0.25) is 0 Å². The molecule has 0 spiro atoms. The minimum Gasteiger partial charge on any atom is -0.480 e. The Morgan fingerprint density at radius 2 is 2.11 bits per heavy atom. The third-order valence-electron chi connectivity index (χ3n) is 4.61. The van der Waals surface area contributed by atoms with Gasteiger partial charge in [-0.15, -0.1) is 0 Å². The molecule has 19 heavy (non-hydrogen) atoms. The number of benzene rings is 1. The van der Waals surface area contributed by atoms with E-state index in [1.165, 1.54) is 18.4 Å². The Morgan fingerprint density at radius 1 is 1.32 bits per heavy atom. The van der Waals surface area contributed by atoms with Crippen LogP contribution in [0.5, 0.6) is 0 Å². The molecular weight excluding hydrogens is 238 g/mol. The molecule has 1 aliphatic heterocycles. The predicted octanol–water partition coefficient (Wildman–Crippen LogP) is 3.08. The largest absolute Gasteiger partial charge is 0.480 e. The van der Waals surface area contributed by atoms with Gasteiger partial charge in [0.1, 0.15) is 6.04 Å². The molecule has 0 saturated heterocycles. The van der Waals surface area contributed by atoms with Crippen LogP contribution in [0.1, 0.15) is 38.2 Å². The van der Waals surface area contributed by atoms with Crippen LogP contribution in [0.4, 0.5) is 5.69 Å². The summed E-state index contributed by atoms with van der Waals surface area (Å²) >= 11 is 0. The standard InChI is InChI=1S/C16H21NO2/c1-11-5-4-7-13(9-11)17-14-8-3-2-6-12(14)10-15(17)16(18)19/h2-3,6,8,11,13,15H,4-5,7,9-10H2,1H3,(H,18,19). The van der Waals surface area contributed by atoms with Gasteiger partial charge in [-0.25, -0.2) is 4.79 Å². The van der Waals surface area contributed by atoms with Crippen molar-refractivity contribution in [2.75, 3.05) is 4.90 Å². The average molecular weight is 259 g/mol. The second-order valence-corrected chi connectivity index (χ2v) is 6.02. The second kappa shape index (κ2) is 4.87. The van der Waals surface area contributed by atoms with Crippen LogP contribution < -0.4 is 4.90 Å². The number of carboxylic acids is 1. The van der Waals surface area contributed by atoms with E-state index < -0.39 is 5.97 Å². The van der Waals surface area contributed by atoms with Crippen LogP contribution >= 0.6 is 0 Å². The zero-order chi connectivity index (χ0) is 13.4. The second-order valence-electron chi connectivity index (χ2n) is 6.02.